The van der Waals surface area contributed by atoms with Gasteiger partial charge in [-0.15, -0.1) is 59.7 Å². The Morgan fingerprint density at radius 1 is 0.674 bits per heavy atom. The molecule has 0 amide bonds. The van der Waals surface area contributed by atoms with Gasteiger partial charge >= 0.3 is 0 Å². The number of fused-ring (bicyclic) bond motifs is 3. The number of hydrogen-bond acceptors (Lipinski definition) is 3. The van der Waals surface area contributed by atoms with E-state index in [2.05, 4.69) is 129 Å². The van der Waals surface area contributed by atoms with E-state index in [1.807, 2.05) is 48.8 Å². The SMILES string of the molecule is C[Si](C)(C)c1ccc(-c2[c-]cccc2)nc1.Cc1cnc(-c2[c-]cc3oc4ccc(-c5ccccc5)cc4c3c2)cc1C(C)C.[Ir]. The van der Waals surface area contributed by atoms with E-state index in [9.17, 15) is 0 Å². The maximum absolute atomic E-state index is 6.06. The molecule has 0 aliphatic heterocycles. The normalized spacial score (nSPS) is 11.3. The van der Waals surface area contributed by atoms with Crippen molar-refractivity contribution in [3.63, 3.8) is 0 Å². The average Bonchev–Trinajstić information content (AvgIpc) is 3.43. The van der Waals surface area contributed by atoms with Crippen LogP contribution >= 0.6 is 0 Å². The molecule has 7 aromatic rings. The predicted octanol–water partition coefficient (Wildman–Crippen LogP) is 10.6. The van der Waals surface area contributed by atoms with Gasteiger partial charge in [-0.05, 0) is 63.8 Å². The zero-order chi connectivity index (χ0) is 31.6. The summed E-state index contributed by atoms with van der Waals surface area (Å²) in [6.45, 7) is 13.5. The second-order valence-corrected chi connectivity index (χ2v) is 17.9. The van der Waals surface area contributed by atoms with Crippen molar-refractivity contribution in [2.45, 2.75) is 46.3 Å². The van der Waals surface area contributed by atoms with Gasteiger partial charge in [0.25, 0.3) is 0 Å². The Bertz CT molecular complexity index is 2060. The summed E-state index contributed by atoms with van der Waals surface area (Å²) in [5.74, 6) is 0.462. The van der Waals surface area contributed by atoms with Gasteiger partial charge in [-0.25, -0.2) is 0 Å². The van der Waals surface area contributed by atoms with Gasteiger partial charge in [0.15, 0.2) is 0 Å². The van der Waals surface area contributed by atoms with Crippen LogP contribution in [0.4, 0.5) is 0 Å². The smallest absolute Gasteiger partial charge is 0.121 e. The second kappa shape index (κ2) is 14.1. The summed E-state index contributed by atoms with van der Waals surface area (Å²) in [6.07, 6.45) is 3.98. The summed E-state index contributed by atoms with van der Waals surface area (Å²) in [7, 11) is -1.23. The predicted molar refractivity (Wildman–Crippen MR) is 192 cm³/mol. The Morgan fingerprint density at radius 2 is 1.41 bits per heavy atom. The number of aromatic nitrogens is 2. The first-order valence-electron chi connectivity index (χ1n) is 15.5. The third-order valence-corrected chi connectivity index (χ3v) is 10.2. The molecule has 0 saturated carbocycles. The van der Waals surface area contributed by atoms with Gasteiger partial charge in [0.1, 0.15) is 5.58 Å². The molecule has 4 aromatic carbocycles. The maximum atomic E-state index is 6.06. The van der Waals surface area contributed by atoms with Crippen LogP contribution in [0.3, 0.4) is 0 Å². The number of furan rings is 1. The first-order chi connectivity index (χ1) is 21.7. The van der Waals surface area contributed by atoms with E-state index >= 15 is 0 Å². The molecule has 46 heavy (non-hydrogen) atoms. The zero-order valence-electron chi connectivity index (χ0n) is 27.2. The summed E-state index contributed by atoms with van der Waals surface area (Å²) < 4.78 is 6.06. The molecule has 0 saturated heterocycles. The van der Waals surface area contributed by atoms with Gasteiger partial charge in [0, 0.05) is 37.9 Å². The molecule has 7 rings (SSSR count). The summed E-state index contributed by atoms with van der Waals surface area (Å²) in [6, 6.07) is 41.9. The number of rotatable bonds is 5. The molecule has 0 unspecified atom stereocenters. The van der Waals surface area contributed by atoms with Crippen molar-refractivity contribution in [1.82, 2.24) is 9.97 Å². The fraction of sp³-hybridized carbons (Fsp3) is 0.171. The van der Waals surface area contributed by atoms with Crippen molar-refractivity contribution in [1.29, 1.82) is 0 Å². The minimum Gasteiger partial charge on any atom is -0.500 e. The molecule has 0 bridgehead atoms. The van der Waals surface area contributed by atoms with Crippen molar-refractivity contribution >= 4 is 35.2 Å². The molecule has 0 fully saturated rings. The van der Waals surface area contributed by atoms with Crippen LogP contribution in [0, 0.1) is 19.1 Å². The van der Waals surface area contributed by atoms with Crippen LogP contribution < -0.4 is 5.19 Å². The van der Waals surface area contributed by atoms with Crippen LogP contribution in [-0.4, -0.2) is 18.0 Å². The van der Waals surface area contributed by atoms with Crippen LogP contribution in [0.2, 0.25) is 19.6 Å². The van der Waals surface area contributed by atoms with Crippen molar-refractivity contribution in [2.24, 2.45) is 0 Å². The van der Waals surface area contributed by atoms with Gasteiger partial charge < -0.3 is 14.4 Å². The fourth-order valence-electron chi connectivity index (χ4n) is 5.54. The monoisotopic (exact) mass is 795 g/mol. The number of benzene rings is 4. The van der Waals surface area contributed by atoms with Crippen molar-refractivity contribution in [2.75, 3.05) is 0 Å². The quantitative estimate of drug-likeness (QED) is 0.129. The zero-order valence-corrected chi connectivity index (χ0v) is 30.6. The number of aryl methyl sites for hydroxylation is 1. The van der Waals surface area contributed by atoms with E-state index in [1.165, 1.54) is 27.4 Å². The number of nitrogens with zero attached hydrogens (tertiary/aromatic N) is 2. The van der Waals surface area contributed by atoms with E-state index in [4.69, 9.17) is 4.42 Å². The van der Waals surface area contributed by atoms with E-state index in [0.29, 0.717) is 5.92 Å². The molecule has 233 valence electrons. The van der Waals surface area contributed by atoms with E-state index < -0.39 is 8.07 Å². The van der Waals surface area contributed by atoms with Gasteiger partial charge in [-0.2, -0.15) is 0 Å². The van der Waals surface area contributed by atoms with E-state index in [0.717, 1.165) is 44.5 Å². The first-order valence-corrected chi connectivity index (χ1v) is 19.0. The van der Waals surface area contributed by atoms with Crippen LogP contribution in [-0.2, 0) is 20.1 Å². The number of pyridine rings is 2. The van der Waals surface area contributed by atoms with Gasteiger partial charge in [-0.1, -0.05) is 93.5 Å². The van der Waals surface area contributed by atoms with Crippen molar-refractivity contribution < 1.29 is 24.5 Å². The molecule has 3 aromatic heterocycles. The Balaban J connectivity index is 0.000000209. The molecule has 3 heterocycles. The molecule has 1 radical (unpaired) electrons. The molecule has 0 aliphatic rings. The first kappa shape index (κ1) is 33.2. The molecular formula is C41H38IrN2OSi-2. The average molecular weight is 795 g/mol. The molecule has 0 atom stereocenters. The van der Waals surface area contributed by atoms with Crippen molar-refractivity contribution in [3.8, 4) is 33.6 Å². The summed E-state index contributed by atoms with van der Waals surface area (Å²) in [5.41, 5.74) is 10.7. The van der Waals surface area contributed by atoms with Crippen LogP contribution in [0.15, 0.2) is 120 Å². The fourth-order valence-corrected chi connectivity index (χ4v) is 6.57. The van der Waals surface area contributed by atoms with Gasteiger partial charge in [0.05, 0.1) is 13.7 Å². The van der Waals surface area contributed by atoms with E-state index in [-0.39, 0.29) is 20.1 Å². The van der Waals surface area contributed by atoms with Crippen LogP contribution in [0.1, 0.15) is 30.9 Å². The topological polar surface area (TPSA) is 38.9 Å². The standard InChI is InChI=1S/C27H22NO.C14H16NSi.Ir/c1-17(2)22-15-25(28-16-18(22)3)21-10-12-27-24(14-21)23-13-20(9-11-26(23)29-27)19-7-5-4-6-8-19;1-16(2,3)13-9-10-14(15-11-13)12-7-5-4-6-8-12;/h4-9,11-17H,1-3H3;4-7,9-11H,1-3H3;/q2*-1;. The molecule has 0 spiro atoms. The largest absolute Gasteiger partial charge is 0.500 e. The second-order valence-electron chi connectivity index (χ2n) is 12.8. The molecule has 3 nitrogen and oxygen atoms in total. The Morgan fingerprint density at radius 3 is 2.09 bits per heavy atom. The maximum Gasteiger partial charge on any atom is 0.121 e. The van der Waals surface area contributed by atoms with Crippen LogP contribution in [0.5, 0.6) is 0 Å². The molecule has 5 heteroatoms. The summed E-state index contributed by atoms with van der Waals surface area (Å²) in [5, 5.41) is 3.61. The van der Waals surface area contributed by atoms with Crippen LogP contribution in [0.25, 0.3) is 55.6 Å². The molecule has 0 aliphatic carbocycles. The molecular weight excluding hydrogens is 757 g/mol. The minimum atomic E-state index is -1.23. The van der Waals surface area contributed by atoms with Crippen molar-refractivity contribution in [3.05, 3.63) is 139 Å². The van der Waals surface area contributed by atoms with Gasteiger partial charge in [-0.3, -0.25) is 0 Å². The Labute approximate surface area is 287 Å². The number of hydrogen-bond donors (Lipinski definition) is 0. The Kier molecular flexibility index (Phi) is 10.2. The molecule has 0 N–H and O–H groups in total. The summed E-state index contributed by atoms with van der Waals surface area (Å²) >= 11 is 0. The third kappa shape index (κ3) is 7.29. The van der Waals surface area contributed by atoms with E-state index in [1.54, 1.807) is 0 Å². The Hall–Kier alpha value is -4.15. The minimum absolute atomic E-state index is 0. The summed E-state index contributed by atoms with van der Waals surface area (Å²) in [4.78, 5) is 9.18. The van der Waals surface area contributed by atoms with Gasteiger partial charge in [0.2, 0.25) is 0 Å². The third-order valence-electron chi connectivity index (χ3n) is 8.17.